The predicted octanol–water partition coefficient (Wildman–Crippen LogP) is 25.4. The molecule has 143 heavy (non-hydrogen) atoms. The lowest BCUT2D eigenvalue weighted by Gasteiger charge is -2.47. The van der Waals surface area contributed by atoms with E-state index < -0.39 is 100 Å². The van der Waals surface area contributed by atoms with E-state index in [0.29, 0.717) is 68.4 Å². The summed E-state index contributed by atoms with van der Waals surface area (Å²) in [6.07, 6.45) is 1.23. The number of carbonyl (C=O) groups excluding carboxylic acids is 5. The Bertz CT molecular complexity index is 6640. The van der Waals surface area contributed by atoms with Gasteiger partial charge in [-0.3, -0.25) is 55.1 Å². The van der Waals surface area contributed by atoms with Crippen molar-refractivity contribution in [3.05, 3.63) is 118 Å². The smallest absolute Gasteiger partial charge is 0.403 e. The SMILES string of the molecule is CC(C(=O)Nc1nc2ccc(C(C)(C)O)cc2n1C1(C)CCC1)C1(C)CC1.CC(C)(C)CC(=O)Nc1nc2ccc(C3(O)CCC3)c(C(F)(F)F)c2n1C1CCC1.CC(C)(C)CC(=O)Nc1nc2ccc(C3(O)CCC3)c(OC(F)(F)F)c2n1C1CCC1.CC1(F)C(CC(=O)Nc2nc3ccc(C#N)cc3n2C(C)(C)C(F)(F)F)CC1(F)F.[C-]#[N+]c1cc(F)c2nc(NC(=O)CC(C)(C)C)n(C3(C)CCC3)c2c1. The van der Waals surface area contributed by atoms with Crippen molar-refractivity contribution < 1.29 is 101 Å². The van der Waals surface area contributed by atoms with Crippen molar-refractivity contribution in [3.8, 4) is 11.8 Å². The van der Waals surface area contributed by atoms with Gasteiger partial charge in [-0.2, -0.15) is 31.6 Å². The van der Waals surface area contributed by atoms with Crippen molar-refractivity contribution in [1.29, 1.82) is 5.26 Å². The summed E-state index contributed by atoms with van der Waals surface area (Å²) in [6.45, 7) is 39.3. The predicted molar refractivity (Wildman–Crippen MR) is 517 cm³/mol. The first-order valence-electron chi connectivity index (χ1n) is 48.8. The number of aliphatic hydroxyl groups is 3. The van der Waals surface area contributed by atoms with Crippen molar-refractivity contribution in [2.24, 2.45) is 33.5 Å². The normalized spacial score (nSPS) is 20.1. The summed E-state index contributed by atoms with van der Waals surface area (Å²) in [5.41, 5.74) is -6.22. The maximum absolute atomic E-state index is 14.4. The summed E-state index contributed by atoms with van der Waals surface area (Å²) in [5.74, 6) is -6.43. The summed E-state index contributed by atoms with van der Waals surface area (Å²) in [7, 11) is 0. The van der Waals surface area contributed by atoms with Gasteiger partial charge in [-0.05, 0) is 264 Å². The molecule has 5 heterocycles. The van der Waals surface area contributed by atoms with Gasteiger partial charge < -0.3 is 38.3 Å². The Labute approximate surface area is 821 Å². The van der Waals surface area contributed by atoms with Crippen molar-refractivity contribution in [1.82, 2.24) is 47.8 Å². The first-order valence-corrected chi connectivity index (χ1v) is 48.8. The first kappa shape index (κ1) is 107. The molecule has 0 bridgehead atoms. The van der Waals surface area contributed by atoms with Crippen molar-refractivity contribution >= 4 is 120 Å². The quantitative estimate of drug-likeness (QED) is 0.0245. The largest absolute Gasteiger partial charge is 0.573 e. The van der Waals surface area contributed by atoms with E-state index in [9.17, 15) is 96.4 Å². The molecule has 3 unspecified atom stereocenters. The molecule has 5 aromatic heterocycles. The van der Waals surface area contributed by atoms with E-state index in [1.807, 2.05) is 98.1 Å². The van der Waals surface area contributed by atoms with E-state index in [1.165, 1.54) is 48.9 Å². The number of aromatic nitrogens is 10. The Morgan fingerprint density at radius 3 is 1.40 bits per heavy atom. The van der Waals surface area contributed by atoms with Gasteiger partial charge in [0.15, 0.2) is 17.1 Å². The third kappa shape index (κ3) is 22.4. The van der Waals surface area contributed by atoms with Gasteiger partial charge in [0.25, 0.3) is 5.92 Å². The summed E-state index contributed by atoms with van der Waals surface area (Å²) < 4.78 is 192. The number of nitrogens with one attached hydrogen (secondary N) is 5. The number of rotatable bonds is 21. The number of nitrogens with zero attached hydrogens (tertiary/aromatic N) is 12. The first-order chi connectivity index (χ1) is 66.0. The summed E-state index contributed by atoms with van der Waals surface area (Å²) in [4.78, 5) is 88.0. The molecular formula is C104H128F13N17O9. The minimum absolute atomic E-state index is 0.0214. The van der Waals surface area contributed by atoms with Crippen LogP contribution < -0.4 is 31.3 Å². The van der Waals surface area contributed by atoms with Crippen LogP contribution in [0.25, 0.3) is 60.0 Å². The molecule has 10 aromatic rings. The third-order valence-electron chi connectivity index (χ3n) is 29.8. The molecule has 8 N–H and O–H groups in total. The highest BCUT2D eigenvalue weighted by atomic mass is 19.4. The lowest BCUT2D eigenvalue weighted by Crippen LogP contribution is -2.60. The zero-order valence-corrected chi connectivity index (χ0v) is 84.0. The van der Waals surface area contributed by atoms with E-state index in [-0.39, 0.29) is 155 Å². The molecule has 18 rings (SSSR count). The minimum Gasteiger partial charge on any atom is -0.403 e. The number of imidazole rings is 5. The maximum Gasteiger partial charge on any atom is 0.573 e. The summed E-state index contributed by atoms with van der Waals surface area (Å²) in [6, 6.07) is 20.2. The van der Waals surface area contributed by atoms with Crippen LogP contribution in [0.1, 0.15) is 325 Å². The number of fused-ring (bicyclic) bond motifs is 5. The van der Waals surface area contributed by atoms with Gasteiger partial charge in [0.1, 0.15) is 22.4 Å². The number of carbonyl (C=O) groups is 5. The number of amides is 5. The molecule has 8 saturated carbocycles. The molecule has 5 amide bonds. The number of benzene rings is 5. The number of alkyl halides is 12. The van der Waals surface area contributed by atoms with Crippen LogP contribution in [0, 0.1) is 57.2 Å². The van der Waals surface area contributed by atoms with Gasteiger partial charge >= 0.3 is 18.7 Å². The number of halogens is 13. The lowest BCUT2D eigenvalue weighted by atomic mass is 9.67. The average molecular weight is 2010 g/mol. The Balaban J connectivity index is 0.000000142. The summed E-state index contributed by atoms with van der Waals surface area (Å²) in [5, 5.41) is 54.9. The van der Waals surface area contributed by atoms with E-state index >= 15 is 0 Å². The fraction of sp³-hybridized carbons (Fsp3) is 0.596. The Hall–Kier alpha value is -11.5. The molecule has 8 fully saturated rings. The number of nitriles is 1. The summed E-state index contributed by atoms with van der Waals surface area (Å²) >= 11 is 0. The maximum atomic E-state index is 14.4. The van der Waals surface area contributed by atoms with E-state index in [0.717, 1.165) is 125 Å². The van der Waals surface area contributed by atoms with Gasteiger partial charge in [0.05, 0.1) is 84.7 Å². The van der Waals surface area contributed by atoms with E-state index in [4.69, 9.17) is 16.8 Å². The monoisotopic (exact) mass is 2010 g/mol. The second-order valence-corrected chi connectivity index (χ2v) is 46.0. The number of hydrogen-bond donors (Lipinski definition) is 8. The highest BCUT2D eigenvalue weighted by molar-refractivity contribution is 5.98. The van der Waals surface area contributed by atoms with Crippen molar-refractivity contribution in [2.75, 3.05) is 26.6 Å². The molecule has 0 radical (unpaired) electrons. The molecule has 8 aliphatic rings. The molecular weight excluding hydrogens is 1880 g/mol. The van der Waals surface area contributed by atoms with Crippen LogP contribution in [-0.4, -0.2) is 117 Å². The van der Waals surface area contributed by atoms with Gasteiger partial charge in [-0.15, -0.1) is 13.2 Å². The van der Waals surface area contributed by atoms with E-state index in [1.54, 1.807) is 35.1 Å². The lowest BCUT2D eigenvalue weighted by molar-refractivity contribution is -0.275. The number of anilines is 5. The molecule has 8 aliphatic carbocycles. The van der Waals surface area contributed by atoms with Crippen LogP contribution in [0.2, 0.25) is 0 Å². The van der Waals surface area contributed by atoms with Crippen LogP contribution in [-0.2, 0) is 63.6 Å². The number of ether oxygens (including phenoxy) is 1. The van der Waals surface area contributed by atoms with Crippen LogP contribution in [0.15, 0.2) is 72.8 Å². The number of hydrogen-bond acceptors (Lipinski definition) is 15. The van der Waals surface area contributed by atoms with Crippen molar-refractivity contribution in [3.63, 3.8) is 0 Å². The fourth-order valence-electron chi connectivity index (χ4n) is 19.6. The van der Waals surface area contributed by atoms with Gasteiger partial charge in [-0.1, -0.05) is 94.4 Å². The van der Waals surface area contributed by atoms with Gasteiger partial charge in [-0.25, -0.2) is 47.3 Å². The molecule has 0 saturated heterocycles. The second-order valence-electron chi connectivity index (χ2n) is 46.0. The van der Waals surface area contributed by atoms with Crippen LogP contribution >= 0.6 is 0 Å². The highest BCUT2D eigenvalue weighted by Crippen LogP contribution is 2.58. The molecule has 3 atom stereocenters. The highest BCUT2D eigenvalue weighted by Gasteiger charge is 2.67. The molecule has 5 aromatic carbocycles. The Morgan fingerprint density at radius 2 is 0.972 bits per heavy atom. The van der Waals surface area contributed by atoms with E-state index in [2.05, 4.69) is 81.4 Å². The van der Waals surface area contributed by atoms with Gasteiger partial charge in [0, 0.05) is 72.7 Å². The third-order valence-corrected chi connectivity index (χ3v) is 29.8. The van der Waals surface area contributed by atoms with Crippen LogP contribution in [0.3, 0.4) is 0 Å². The van der Waals surface area contributed by atoms with Crippen LogP contribution in [0.5, 0.6) is 5.75 Å². The molecule has 39 heteroatoms. The van der Waals surface area contributed by atoms with Crippen LogP contribution in [0.4, 0.5) is 92.5 Å². The topological polar surface area (TPSA) is 333 Å². The minimum atomic E-state index is -4.92. The molecule has 0 spiro atoms. The Morgan fingerprint density at radius 1 is 0.531 bits per heavy atom. The Kier molecular flexibility index (Phi) is 28.7. The average Bonchev–Trinajstić information content (AvgIpc) is 1.66. The fourth-order valence-corrected chi connectivity index (χ4v) is 19.6. The molecule has 0 aliphatic heterocycles. The van der Waals surface area contributed by atoms with Crippen molar-refractivity contribution in [2.45, 2.75) is 361 Å². The second kappa shape index (κ2) is 38.2. The molecule has 774 valence electrons. The standard InChI is InChI=1S/C22H28F3N3O3.C22H28F3N3O2.C22H31N3O2.C19H18F6N4O.C19H23FN4O/c1-20(2,3)12-16(29)27-19-26-15-9-8-14(21(30)10-5-11-21)18(31-22(23,24)25)17(15)28(19)13-6-4-7-13;1-20(2,3)12-16(29)27-19-26-15-9-8-14(21(30)10-5-11-21)17(22(23,24)25)18(15)28(19)13-6-4-7-13;1-14(21(4)11-12-21)18(26)24-19-23-16-8-7-15(20(2,3)27)13-17(16)25(19)22(5)9-6-10-22;1-16(2,19(23,24)25)29-13-6-10(9-26)4-5-12(13)27-15(29)28-14(30)7-11-8-18(21,22)17(11,3)20;1-18(2,3)11-15(25)22-17-23-16-13(20)9-12(21-5)10-14(16)24(17)19(4)7-6-8-19/h8-9,13,30H,4-7,10-12H2,1-3H3,(H,26,27,29);8-9,13,30H,4-7,10-12H2,1-3H3,(H,26,27,29);7-8,13-14,27H,6,9-12H2,1-5H3,(H,23,24,26);4-6,11H,7-8H2,1-3H3,(H,27,28,30);9-10H,6-8,11H2,1-4H3,(H,22,23,25). The molecule has 26 nitrogen and oxygen atoms in total. The zero-order valence-electron chi connectivity index (χ0n) is 84.0. The van der Waals surface area contributed by atoms with Gasteiger partial charge in [0.2, 0.25) is 59.3 Å². The zero-order chi connectivity index (χ0) is 105.